The van der Waals surface area contributed by atoms with Gasteiger partial charge in [0.15, 0.2) is 11.2 Å². The summed E-state index contributed by atoms with van der Waals surface area (Å²) in [6.07, 6.45) is 1.83. The molecule has 1 unspecified atom stereocenters. The number of benzene rings is 1. The number of para-hydroxylation sites is 1. The van der Waals surface area contributed by atoms with Crippen molar-refractivity contribution in [2.24, 2.45) is 17.8 Å². The van der Waals surface area contributed by atoms with Gasteiger partial charge in [-0.2, -0.15) is 10.2 Å². The molecule has 4 rings (SSSR count). The summed E-state index contributed by atoms with van der Waals surface area (Å²) in [5, 5.41) is 9.32. The number of hydrogen-bond donors (Lipinski definition) is 1. The summed E-state index contributed by atoms with van der Waals surface area (Å²) in [5.41, 5.74) is 6.84. The number of nitriles is 1. The second kappa shape index (κ2) is 10.4. The van der Waals surface area contributed by atoms with Crippen molar-refractivity contribution in [1.82, 2.24) is 18.7 Å². The number of aliphatic imine (C=N–C) groups is 1. The van der Waals surface area contributed by atoms with Crippen molar-refractivity contribution in [3.05, 3.63) is 51.2 Å². The van der Waals surface area contributed by atoms with Gasteiger partial charge in [0.1, 0.15) is 0 Å². The molecule has 1 fully saturated rings. The van der Waals surface area contributed by atoms with E-state index < -0.39 is 11.2 Å². The summed E-state index contributed by atoms with van der Waals surface area (Å²) in [4.78, 5) is 38.2. The third kappa shape index (κ3) is 4.88. The number of aromatic nitrogens is 4. The van der Waals surface area contributed by atoms with Gasteiger partial charge in [0.25, 0.3) is 5.56 Å². The first-order chi connectivity index (χ1) is 16.9. The number of aryl methyl sites for hydroxylation is 1. The number of rotatable bonds is 6. The summed E-state index contributed by atoms with van der Waals surface area (Å²) in [7, 11) is 1.59. The summed E-state index contributed by atoms with van der Waals surface area (Å²) in [6, 6.07) is 11.2. The van der Waals surface area contributed by atoms with E-state index in [1.54, 1.807) is 30.7 Å². The molecule has 0 saturated carbocycles. The largest absolute Gasteiger partial charge is 0.341 e. The molecule has 0 spiro atoms. The van der Waals surface area contributed by atoms with E-state index in [-0.39, 0.29) is 25.6 Å². The van der Waals surface area contributed by atoms with Crippen LogP contribution in [-0.4, -0.2) is 43.5 Å². The molecule has 10 nitrogen and oxygen atoms in total. The maximum Gasteiger partial charge on any atom is 0.332 e. The summed E-state index contributed by atoms with van der Waals surface area (Å²) in [6.45, 7) is 3.26. The highest BCUT2D eigenvalue weighted by Crippen LogP contribution is 2.23. The number of piperidine rings is 1. The molecule has 2 aromatic heterocycles. The first kappa shape index (κ1) is 24.0. The Labute approximate surface area is 202 Å². The van der Waals surface area contributed by atoms with Crippen molar-refractivity contribution in [3.63, 3.8) is 0 Å². The van der Waals surface area contributed by atoms with Crippen LogP contribution >= 0.6 is 0 Å². The van der Waals surface area contributed by atoms with Crippen LogP contribution in [0, 0.1) is 23.2 Å². The molecule has 0 amide bonds. The Morgan fingerprint density at radius 3 is 2.71 bits per heavy atom. The number of nitrogens with two attached hydrogens (primary N) is 1. The van der Waals surface area contributed by atoms with Crippen LogP contribution in [0.5, 0.6) is 0 Å². The van der Waals surface area contributed by atoms with Gasteiger partial charge in [0.05, 0.1) is 37.0 Å². The Kier molecular flexibility index (Phi) is 7.14. The molecule has 3 aromatic rings. The highest BCUT2D eigenvalue weighted by molar-refractivity contribution is 5.88. The minimum Gasteiger partial charge on any atom is -0.341 e. The number of hydrogen-bond acceptors (Lipinski definition) is 7. The van der Waals surface area contributed by atoms with Gasteiger partial charge in [-0.05, 0) is 31.9 Å². The Bertz CT molecular complexity index is 1480. The van der Waals surface area contributed by atoms with Crippen molar-refractivity contribution in [1.29, 1.82) is 5.26 Å². The minimum absolute atomic E-state index is 0.0116. The fourth-order valence-corrected chi connectivity index (χ4v) is 4.33. The Morgan fingerprint density at radius 1 is 1.26 bits per heavy atom. The van der Waals surface area contributed by atoms with E-state index in [2.05, 4.69) is 27.8 Å². The van der Waals surface area contributed by atoms with E-state index >= 15 is 0 Å². The standard InChI is InChI=1S/C25H28N8O2/c1-3-4-15-32-21-22(29-24(32)31-14-8-9-18(27)16-31)30(2)25(35)33(23(21)34)17-20(12-13-26)28-19-10-6-5-7-11-19/h5-7,10-11,18H,8-9,12,14-17,27H2,1-2H3. The predicted octanol–water partition coefficient (Wildman–Crippen LogP) is 1.53. The zero-order valence-electron chi connectivity index (χ0n) is 19.9. The molecular weight excluding hydrogens is 444 g/mol. The SMILES string of the molecule is CC#CCn1c(N2CCCC(N)C2)nc2c1c(=O)n(CC(CC#N)=Nc1ccccc1)c(=O)n2C. The second-order valence-corrected chi connectivity index (χ2v) is 8.53. The Morgan fingerprint density at radius 2 is 2.03 bits per heavy atom. The van der Waals surface area contributed by atoms with Crippen LogP contribution in [-0.2, 0) is 20.1 Å². The molecule has 10 heteroatoms. The second-order valence-electron chi connectivity index (χ2n) is 8.53. The molecule has 1 aromatic carbocycles. The van der Waals surface area contributed by atoms with Crippen LogP contribution < -0.4 is 21.9 Å². The lowest BCUT2D eigenvalue weighted by Gasteiger charge is -2.31. The fraction of sp³-hybridized carbons (Fsp3) is 0.400. The van der Waals surface area contributed by atoms with Crippen LogP contribution in [0.1, 0.15) is 26.2 Å². The molecule has 180 valence electrons. The summed E-state index contributed by atoms with van der Waals surface area (Å²) >= 11 is 0. The van der Waals surface area contributed by atoms with Gasteiger partial charge in [-0.3, -0.25) is 23.5 Å². The maximum absolute atomic E-state index is 13.7. The first-order valence-electron chi connectivity index (χ1n) is 11.5. The molecule has 3 heterocycles. The Balaban J connectivity index is 1.88. The first-order valence-corrected chi connectivity index (χ1v) is 11.5. The van der Waals surface area contributed by atoms with Crippen LogP contribution in [0.25, 0.3) is 11.2 Å². The smallest absolute Gasteiger partial charge is 0.332 e. The van der Waals surface area contributed by atoms with Crippen LogP contribution in [0.3, 0.4) is 0 Å². The number of nitrogens with zero attached hydrogens (tertiary/aromatic N) is 7. The van der Waals surface area contributed by atoms with E-state index in [1.807, 2.05) is 18.2 Å². The molecule has 1 atom stereocenters. The third-order valence-corrected chi connectivity index (χ3v) is 6.03. The summed E-state index contributed by atoms with van der Waals surface area (Å²) in [5.74, 6) is 6.47. The lowest BCUT2D eigenvalue weighted by Crippen LogP contribution is -2.44. The third-order valence-electron chi connectivity index (χ3n) is 6.03. The van der Waals surface area contributed by atoms with Crippen molar-refractivity contribution >= 4 is 28.5 Å². The fourth-order valence-electron chi connectivity index (χ4n) is 4.33. The van der Waals surface area contributed by atoms with E-state index in [0.717, 1.165) is 24.0 Å². The van der Waals surface area contributed by atoms with Crippen LogP contribution in [0.15, 0.2) is 44.9 Å². The molecule has 35 heavy (non-hydrogen) atoms. The van der Waals surface area contributed by atoms with Gasteiger partial charge in [0, 0.05) is 26.2 Å². The van der Waals surface area contributed by atoms with Crippen molar-refractivity contribution in [2.75, 3.05) is 18.0 Å². The van der Waals surface area contributed by atoms with Gasteiger partial charge in [-0.25, -0.2) is 4.79 Å². The Hall–Kier alpha value is -4.15. The average Bonchev–Trinajstić information content (AvgIpc) is 3.24. The van der Waals surface area contributed by atoms with E-state index in [1.165, 1.54) is 4.57 Å². The topological polar surface area (TPSA) is 127 Å². The van der Waals surface area contributed by atoms with Gasteiger partial charge in [0.2, 0.25) is 5.95 Å². The van der Waals surface area contributed by atoms with E-state index in [9.17, 15) is 14.9 Å². The molecule has 1 aliphatic rings. The number of anilines is 1. The van der Waals surface area contributed by atoms with Crippen molar-refractivity contribution in [2.45, 2.75) is 45.3 Å². The van der Waals surface area contributed by atoms with Gasteiger partial charge < -0.3 is 10.6 Å². The minimum atomic E-state index is -0.519. The summed E-state index contributed by atoms with van der Waals surface area (Å²) < 4.78 is 4.25. The maximum atomic E-state index is 13.7. The number of imidazole rings is 1. The molecule has 0 aliphatic carbocycles. The van der Waals surface area contributed by atoms with Gasteiger partial charge in [-0.15, -0.1) is 5.92 Å². The molecule has 1 saturated heterocycles. The van der Waals surface area contributed by atoms with Crippen molar-refractivity contribution in [3.8, 4) is 17.9 Å². The normalized spacial score (nSPS) is 16.1. The van der Waals surface area contributed by atoms with Crippen LogP contribution in [0.4, 0.5) is 11.6 Å². The van der Waals surface area contributed by atoms with Gasteiger partial charge >= 0.3 is 5.69 Å². The number of fused-ring (bicyclic) bond motifs is 1. The lowest BCUT2D eigenvalue weighted by molar-refractivity contribution is 0.496. The average molecular weight is 473 g/mol. The quantitative estimate of drug-likeness (QED) is 0.428. The van der Waals surface area contributed by atoms with E-state index in [4.69, 9.17) is 10.7 Å². The zero-order valence-corrected chi connectivity index (χ0v) is 19.9. The molecular formula is C25H28N8O2. The molecule has 0 radical (unpaired) electrons. The highest BCUT2D eigenvalue weighted by Gasteiger charge is 2.26. The van der Waals surface area contributed by atoms with Crippen LogP contribution in [0.2, 0.25) is 0 Å². The monoisotopic (exact) mass is 472 g/mol. The van der Waals surface area contributed by atoms with Crippen molar-refractivity contribution < 1.29 is 0 Å². The van der Waals surface area contributed by atoms with Gasteiger partial charge in [-0.1, -0.05) is 24.1 Å². The highest BCUT2D eigenvalue weighted by atomic mass is 16.2. The lowest BCUT2D eigenvalue weighted by atomic mass is 10.1. The molecule has 0 bridgehead atoms. The molecule has 2 N–H and O–H groups in total. The van der Waals surface area contributed by atoms with E-state index in [0.29, 0.717) is 35.1 Å². The molecule has 1 aliphatic heterocycles. The zero-order chi connectivity index (χ0) is 24.9. The predicted molar refractivity (Wildman–Crippen MR) is 136 cm³/mol.